The fourth-order valence-corrected chi connectivity index (χ4v) is 3.90. The molecule has 1 aromatic carbocycles. The van der Waals surface area contributed by atoms with Crippen molar-refractivity contribution in [1.29, 1.82) is 0 Å². The van der Waals surface area contributed by atoms with E-state index >= 15 is 0 Å². The first kappa shape index (κ1) is 16.4. The highest BCUT2D eigenvalue weighted by Crippen LogP contribution is 2.20. The van der Waals surface area contributed by atoms with Crippen LogP contribution in [-0.2, 0) is 21.2 Å². The van der Waals surface area contributed by atoms with Gasteiger partial charge in [-0.05, 0) is 49.8 Å². The van der Waals surface area contributed by atoms with E-state index in [0.29, 0.717) is 25.6 Å². The number of aliphatic hydroxyl groups excluding tert-OH is 1. The van der Waals surface area contributed by atoms with Crippen LogP contribution in [0, 0.1) is 5.92 Å². The van der Waals surface area contributed by atoms with E-state index < -0.39 is 10.0 Å². The Morgan fingerprint density at radius 1 is 1.29 bits per heavy atom. The van der Waals surface area contributed by atoms with Gasteiger partial charge in [0.25, 0.3) is 0 Å². The Balaban J connectivity index is 2.03. The highest BCUT2D eigenvalue weighted by Gasteiger charge is 2.25. The summed E-state index contributed by atoms with van der Waals surface area (Å²) >= 11 is 0. The van der Waals surface area contributed by atoms with E-state index in [1.54, 1.807) is 24.3 Å². The minimum atomic E-state index is -3.49. The SMILES string of the molecule is CC(NS(=O)(=O)c1ccc(CCO)cc1)C1CCOCC1. The number of nitrogens with one attached hydrogen (secondary N) is 1. The summed E-state index contributed by atoms with van der Waals surface area (Å²) in [7, 11) is -3.49. The van der Waals surface area contributed by atoms with Crippen molar-refractivity contribution in [3.8, 4) is 0 Å². The topological polar surface area (TPSA) is 75.6 Å². The van der Waals surface area contributed by atoms with Crippen LogP contribution in [0.2, 0.25) is 0 Å². The average Bonchev–Trinajstić information content (AvgIpc) is 2.48. The Labute approximate surface area is 126 Å². The van der Waals surface area contributed by atoms with Crippen molar-refractivity contribution in [2.24, 2.45) is 5.92 Å². The predicted molar refractivity (Wildman–Crippen MR) is 80.6 cm³/mol. The summed E-state index contributed by atoms with van der Waals surface area (Å²) < 4.78 is 32.8. The van der Waals surface area contributed by atoms with E-state index in [1.165, 1.54) is 0 Å². The van der Waals surface area contributed by atoms with E-state index in [1.807, 2.05) is 6.92 Å². The van der Waals surface area contributed by atoms with E-state index in [9.17, 15) is 8.42 Å². The lowest BCUT2D eigenvalue weighted by Crippen LogP contribution is -2.40. The molecule has 0 radical (unpaired) electrons. The summed E-state index contributed by atoms with van der Waals surface area (Å²) in [4.78, 5) is 0.267. The summed E-state index contributed by atoms with van der Waals surface area (Å²) in [6, 6.07) is 6.55. The summed E-state index contributed by atoms with van der Waals surface area (Å²) in [6.07, 6.45) is 2.31. The van der Waals surface area contributed by atoms with Crippen LogP contribution in [0.4, 0.5) is 0 Å². The van der Waals surface area contributed by atoms with Crippen LogP contribution >= 0.6 is 0 Å². The second kappa shape index (κ2) is 7.35. The molecule has 2 rings (SSSR count). The Morgan fingerprint density at radius 2 is 1.90 bits per heavy atom. The largest absolute Gasteiger partial charge is 0.396 e. The van der Waals surface area contributed by atoms with Gasteiger partial charge in [-0.25, -0.2) is 13.1 Å². The van der Waals surface area contributed by atoms with Crippen molar-refractivity contribution in [3.05, 3.63) is 29.8 Å². The van der Waals surface area contributed by atoms with E-state index in [0.717, 1.165) is 18.4 Å². The van der Waals surface area contributed by atoms with Crippen LogP contribution in [0.15, 0.2) is 29.2 Å². The molecule has 1 aromatic rings. The first-order chi connectivity index (χ1) is 10.0. The van der Waals surface area contributed by atoms with Crippen LogP contribution in [0.1, 0.15) is 25.3 Å². The summed E-state index contributed by atoms with van der Waals surface area (Å²) in [6.45, 7) is 3.37. The van der Waals surface area contributed by atoms with Crippen molar-refractivity contribution in [2.45, 2.75) is 37.1 Å². The first-order valence-corrected chi connectivity index (χ1v) is 8.81. The normalized spacial score (nSPS) is 18.6. The molecule has 21 heavy (non-hydrogen) atoms. The molecule has 1 aliphatic heterocycles. The van der Waals surface area contributed by atoms with E-state index in [2.05, 4.69) is 4.72 Å². The number of rotatable bonds is 6. The lowest BCUT2D eigenvalue weighted by molar-refractivity contribution is 0.0585. The van der Waals surface area contributed by atoms with Gasteiger partial charge in [-0.3, -0.25) is 0 Å². The Morgan fingerprint density at radius 3 is 2.48 bits per heavy atom. The number of hydrogen-bond donors (Lipinski definition) is 2. The minimum Gasteiger partial charge on any atom is -0.396 e. The molecule has 2 N–H and O–H groups in total. The molecule has 1 aliphatic rings. The van der Waals surface area contributed by atoms with Crippen molar-refractivity contribution < 1.29 is 18.3 Å². The molecular weight excluding hydrogens is 290 g/mol. The quantitative estimate of drug-likeness (QED) is 0.830. The maximum absolute atomic E-state index is 12.4. The number of aliphatic hydroxyl groups is 1. The summed E-state index contributed by atoms with van der Waals surface area (Å²) in [5.41, 5.74) is 0.925. The third-order valence-electron chi connectivity index (χ3n) is 3.95. The van der Waals surface area contributed by atoms with Gasteiger partial charge in [0.2, 0.25) is 10.0 Å². The molecule has 0 spiro atoms. The molecule has 118 valence electrons. The molecular formula is C15H23NO4S. The monoisotopic (exact) mass is 313 g/mol. The van der Waals surface area contributed by atoms with Gasteiger partial charge in [0.1, 0.15) is 0 Å². The molecule has 0 amide bonds. The smallest absolute Gasteiger partial charge is 0.240 e. The molecule has 1 heterocycles. The third-order valence-corrected chi connectivity index (χ3v) is 5.52. The maximum atomic E-state index is 12.4. The zero-order valence-electron chi connectivity index (χ0n) is 12.3. The van der Waals surface area contributed by atoms with Gasteiger partial charge in [0, 0.05) is 25.9 Å². The molecule has 1 saturated heterocycles. The van der Waals surface area contributed by atoms with Crippen molar-refractivity contribution in [2.75, 3.05) is 19.8 Å². The van der Waals surface area contributed by atoms with Gasteiger partial charge in [-0.2, -0.15) is 0 Å². The van der Waals surface area contributed by atoms with Gasteiger partial charge >= 0.3 is 0 Å². The predicted octanol–water partition coefficient (Wildman–Crippen LogP) is 1.31. The number of sulfonamides is 1. The van der Waals surface area contributed by atoms with Crippen LogP contribution < -0.4 is 4.72 Å². The van der Waals surface area contributed by atoms with E-state index in [-0.39, 0.29) is 17.5 Å². The van der Waals surface area contributed by atoms with Gasteiger partial charge in [0.05, 0.1) is 4.90 Å². The fourth-order valence-electron chi connectivity index (χ4n) is 2.59. The van der Waals surface area contributed by atoms with Gasteiger partial charge < -0.3 is 9.84 Å². The maximum Gasteiger partial charge on any atom is 0.240 e. The van der Waals surface area contributed by atoms with Crippen molar-refractivity contribution in [1.82, 2.24) is 4.72 Å². The third kappa shape index (κ3) is 4.51. The zero-order chi connectivity index (χ0) is 15.3. The Bertz CT molecular complexity index is 535. The lowest BCUT2D eigenvalue weighted by atomic mass is 9.94. The van der Waals surface area contributed by atoms with Gasteiger partial charge in [0.15, 0.2) is 0 Å². The molecule has 1 fully saturated rings. The molecule has 1 unspecified atom stereocenters. The molecule has 1 atom stereocenters. The fraction of sp³-hybridized carbons (Fsp3) is 0.600. The molecule has 0 aromatic heterocycles. The molecule has 0 bridgehead atoms. The van der Waals surface area contributed by atoms with Gasteiger partial charge in [-0.15, -0.1) is 0 Å². The van der Waals surface area contributed by atoms with Crippen molar-refractivity contribution >= 4 is 10.0 Å². The minimum absolute atomic E-state index is 0.0606. The van der Waals surface area contributed by atoms with E-state index in [4.69, 9.17) is 9.84 Å². The molecule has 0 aliphatic carbocycles. The highest BCUT2D eigenvalue weighted by atomic mass is 32.2. The average molecular weight is 313 g/mol. The van der Waals surface area contributed by atoms with Crippen LogP contribution in [0.25, 0.3) is 0 Å². The second-order valence-electron chi connectivity index (χ2n) is 5.48. The highest BCUT2D eigenvalue weighted by molar-refractivity contribution is 7.89. The van der Waals surface area contributed by atoms with Crippen molar-refractivity contribution in [3.63, 3.8) is 0 Å². The molecule has 0 saturated carbocycles. The first-order valence-electron chi connectivity index (χ1n) is 7.33. The van der Waals surface area contributed by atoms with Crippen LogP contribution in [-0.4, -0.2) is 39.4 Å². The zero-order valence-corrected chi connectivity index (χ0v) is 13.1. The number of hydrogen-bond acceptors (Lipinski definition) is 4. The van der Waals surface area contributed by atoms with Crippen LogP contribution in [0.5, 0.6) is 0 Å². The molecule has 6 heteroatoms. The Kier molecular flexibility index (Phi) is 5.75. The van der Waals surface area contributed by atoms with Gasteiger partial charge in [-0.1, -0.05) is 12.1 Å². The Hall–Kier alpha value is -0.950. The second-order valence-corrected chi connectivity index (χ2v) is 7.19. The molecule has 5 nitrogen and oxygen atoms in total. The standard InChI is InChI=1S/C15H23NO4S/c1-12(14-7-10-20-11-8-14)16-21(18,19)15-4-2-13(3-5-15)6-9-17/h2-5,12,14,16-17H,6-11H2,1H3. The summed E-state index contributed by atoms with van der Waals surface area (Å²) in [5, 5.41) is 8.87. The lowest BCUT2D eigenvalue weighted by Gasteiger charge is -2.28. The number of benzene rings is 1. The van der Waals surface area contributed by atoms with Crippen LogP contribution in [0.3, 0.4) is 0 Å². The summed E-state index contributed by atoms with van der Waals surface area (Å²) in [5.74, 6) is 0.321. The number of ether oxygens (including phenoxy) is 1.